The molecule has 0 bridgehead atoms. The number of carboxylic acids is 1. The summed E-state index contributed by atoms with van der Waals surface area (Å²) in [6, 6.07) is 8.15. The molecule has 1 aliphatic heterocycles. The van der Waals surface area contributed by atoms with Gasteiger partial charge in [0.1, 0.15) is 24.2 Å². The summed E-state index contributed by atoms with van der Waals surface area (Å²) in [6.07, 6.45) is 3.69. The molecule has 0 fully saturated rings. The van der Waals surface area contributed by atoms with Gasteiger partial charge >= 0.3 is 12.1 Å². The van der Waals surface area contributed by atoms with Crippen LogP contribution in [-0.4, -0.2) is 33.3 Å². The lowest BCUT2D eigenvalue weighted by Crippen LogP contribution is -2.39. The summed E-state index contributed by atoms with van der Waals surface area (Å²) >= 11 is 0. The number of hydrogen-bond acceptors (Lipinski definition) is 5. The maximum atomic E-state index is 13.4. The molecule has 1 aromatic heterocycles. The average Bonchev–Trinajstić information content (AvgIpc) is 3.13. The zero-order valence-corrected chi connectivity index (χ0v) is 17.8. The Labute approximate surface area is 180 Å². The van der Waals surface area contributed by atoms with Gasteiger partial charge in [0.2, 0.25) is 0 Å². The number of nitrogens with zero attached hydrogens (tertiary/aromatic N) is 3. The minimum Gasteiger partial charge on any atom is -0.480 e. The van der Waals surface area contributed by atoms with E-state index in [1.807, 2.05) is 44.2 Å². The standard InChI is InChI=1S/C23H27N3O5/c1-4-12-25(22(30)31-15-16-10-8-7-9-11-16)18-14-24-21-23(5-2,6-3)13-17(20(28)29)26(21)19(18)27/h4,7-11,14,17H,1,5-6,12-13,15H2,2-3H3,(H,28,29)/t17-/m0/s1. The van der Waals surface area contributed by atoms with Gasteiger partial charge in [0.25, 0.3) is 5.56 Å². The maximum absolute atomic E-state index is 13.4. The Hall–Kier alpha value is -3.42. The number of carbonyl (C=O) groups excluding carboxylic acids is 1. The number of hydrogen-bond donors (Lipinski definition) is 1. The van der Waals surface area contributed by atoms with Gasteiger partial charge in [-0.15, -0.1) is 6.58 Å². The molecule has 0 unspecified atom stereocenters. The largest absolute Gasteiger partial charge is 0.480 e. The van der Waals surface area contributed by atoms with E-state index in [0.717, 1.165) is 10.5 Å². The van der Waals surface area contributed by atoms with Crippen LogP contribution in [0.25, 0.3) is 0 Å². The zero-order valence-electron chi connectivity index (χ0n) is 17.8. The molecule has 2 aromatic rings. The van der Waals surface area contributed by atoms with Crippen LogP contribution in [0.3, 0.4) is 0 Å². The van der Waals surface area contributed by atoms with E-state index in [-0.39, 0.29) is 18.8 Å². The van der Waals surface area contributed by atoms with Crippen molar-refractivity contribution in [3.05, 3.63) is 70.9 Å². The number of carboxylic acid groups (broad SMARTS) is 1. The van der Waals surface area contributed by atoms with Crippen LogP contribution in [0.4, 0.5) is 10.5 Å². The molecule has 2 heterocycles. The summed E-state index contributed by atoms with van der Waals surface area (Å²) < 4.78 is 6.60. The summed E-state index contributed by atoms with van der Waals surface area (Å²) in [5.41, 5.74) is -0.284. The second kappa shape index (κ2) is 9.16. The van der Waals surface area contributed by atoms with Crippen molar-refractivity contribution in [3.63, 3.8) is 0 Å². The van der Waals surface area contributed by atoms with Crippen LogP contribution in [-0.2, 0) is 21.6 Å². The van der Waals surface area contributed by atoms with Gasteiger partial charge in [-0.05, 0) is 24.8 Å². The highest BCUT2D eigenvalue weighted by molar-refractivity contribution is 5.87. The van der Waals surface area contributed by atoms with Crippen molar-refractivity contribution < 1.29 is 19.4 Å². The number of ether oxygens (including phenoxy) is 1. The van der Waals surface area contributed by atoms with Gasteiger partial charge in [-0.3, -0.25) is 14.3 Å². The number of aromatic nitrogens is 2. The van der Waals surface area contributed by atoms with E-state index in [1.165, 1.54) is 16.8 Å². The van der Waals surface area contributed by atoms with Crippen molar-refractivity contribution in [3.8, 4) is 0 Å². The van der Waals surface area contributed by atoms with Gasteiger partial charge in [0, 0.05) is 12.0 Å². The first kappa shape index (κ1) is 22.3. The molecule has 1 N–H and O–H groups in total. The third kappa shape index (κ3) is 4.10. The van der Waals surface area contributed by atoms with Gasteiger partial charge in [0.05, 0.1) is 6.20 Å². The third-order valence-corrected chi connectivity index (χ3v) is 6.01. The van der Waals surface area contributed by atoms with Crippen LogP contribution in [0.1, 0.15) is 50.5 Å². The van der Waals surface area contributed by atoms with E-state index >= 15 is 0 Å². The minimum absolute atomic E-state index is 0.0221. The van der Waals surface area contributed by atoms with E-state index in [0.29, 0.717) is 25.1 Å². The predicted octanol–water partition coefficient (Wildman–Crippen LogP) is 3.66. The molecule has 1 amide bonds. The first-order valence-corrected chi connectivity index (χ1v) is 10.3. The van der Waals surface area contributed by atoms with Crippen molar-refractivity contribution in [2.45, 2.75) is 51.2 Å². The molecule has 31 heavy (non-hydrogen) atoms. The van der Waals surface area contributed by atoms with Gasteiger partial charge in [-0.25, -0.2) is 14.6 Å². The molecule has 1 atom stereocenters. The molecule has 0 spiro atoms. The van der Waals surface area contributed by atoms with Crippen molar-refractivity contribution in [2.24, 2.45) is 0 Å². The molecule has 1 aliphatic rings. The number of anilines is 1. The van der Waals surface area contributed by atoms with Crippen molar-refractivity contribution in [1.82, 2.24) is 9.55 Å². The average molecular weight is 425 g/mol. The SMILES string of the molecule is C=CCN(C(=O)OCc1ccccc1)c1cnc2n(c1=O)[C@H](C(=O)O)CC2(CC)CC. The van der Waals surface area contributed by atoms with Gasteiger partial charge in [-0.2, -0.15) is 0 Å². The Bertz CT molecular complexity index is 1030. The Kier molecular flexibility index (Phi) is 6.58. The Morgan fingerprint density at radius 1 is 1.32 bits per heavy atom. The van der Waals surface area contributed by atoms with Crippen LogP contribution < -0.4 is 10.5 Å². The van der Waals surface area contributed by atoms with Crippen LogP contribution in [0, 0.1) is 0 Å². The highest BCUT2D eigenvalue weighted by Crippen LogP contribution is 2.44. The highest BCUT2D eigenvalue weighted by atomic mass is 16.6. The van der Waals surface area contributed by atoms with E-state index in [4.69, 9.17) is 4.74 Å². The molecule has 0 saturated heterocycles. The molecule has 8 nitrogen and oxygen atoms in total. The fourth-order valence-corrected chi connectivity index (χ4v) is 4.13. The number of aliphatic carboxylic acids is 1. The third-order valence-electron chi connectivity index (χ3n) is 6.01. The van der Waals surface area contributed by atoms with Crippen LogP contribution in [0.5, 0.6) is 0 Å². The Morgan fingerprint density at radius 3 is 2.58 bits per heavy atom. The maximum Gasteiger partial charge on any atom is 0.415 e. The van der Waals surface area contributed by atoms with E-state index in [2.05, 4.69) is 11.6 Å². The summed E-state index contributed by atoms with van der Waals surface area (Å²) in [4.78, 5) is 43.7. The van der Waals surface area contributed by atoms with Gasteiger partial charge < -0.3 is 9.84 Å². The van der Waals surface area contributed by atoms with E-state index < -0.39 is 29.1 Å². The Balaban J connectivity index is 1.99. The van der Waals surface area contributed by atoms with Crippen LogP contribution >= 0.6 is 0 Å². The quantitative estimate of drug-likeness (QED) is 0.648. The number of rotatable bonds is 8. The first-order chi connectivity index (χ1) is 14.9. The monoisotopic (exact) mass is 425 g/mol. The molecule has 0 radical (unpaired) electrons. The van der Waals surface area contributed by atoms with Crippen LogP contribution in [0.15, 0.2) is 54.0 Å². The lowest BCUT2D eigenvalue weighted by molar-refractivity contribution is -0.141. The molecular weight excluding hydrogens is 398 g/mol. The predicted molar refractivity (Wildman–Crippen MR) is 116 cm³/mol. The highest BCUT2D eigenvalue weighted by Gasteiger charge is 2.47. The Morgan fingerprint density at radius 2 is 2.00 bits per heavy atom. The smallest absolute Gasteiger partial charge is 0.415 e. The lowest BCUT2D eigenvalue weighted by Gasteiger charge is -2.25. The summed E-state index contributed by atoms with van der Waals surface area (Å²) in [6.45, 7) is 7.64. The van der Waals surface area contributed by atoms with Crippen LogP contribution in [0.2, 0.25) is 0 Å². The fourth-order valence-electron chi connectivity index (χ4n) is 4.13. The van der Waals surface area contributed by atoms with E-state index in [1.54, 1.807) is 0 Å². The molecule has 0 saturated carbocycles. The molecule has 3 rings (SSSR count). The molecule has 1 aromatic carbocycles. The second-order valence-electron chi connectivity index (χ2n) is 7.63. The number of fused-ring (bicyclic) bond motifs is 1. The summed E-state index contributed by atoms with van der Waals surface area (Å²) in [5.74, 6) is -0.636. The number of amides is 1. The topological polar surface area (TPSA) is 102 Å². The minimum atomic E-state index is -1.09. The van der Waals surface area contributed by atoms with Crippen molar-refractivity contribution >= 4 is 17.7 Å². The second-order valence-corrected chi connectivity index (χ2v) is 7.63. The normalized spacial score (nSPS) is 16.4. The fraction of sp³-hybridized carbons (Fsp3) is 0.391. The number of benzene rings is 1. The molecular formula is C23H27N3O5. The van der Waals surface area contributed by atoms with Gasteiger partial charge in [-0.1, -0.05) is 50.3 Å². The molecule has 0 aliphatic carbocycles. The lowest BCUT2D eigenvalue weighted by atomic mass is 9.79. The first-order valence-electron chi connectivity index (χ1n) is 10.3. The van der Waals surface area contributed by atoms with Gasteiger partial charge in [0.15, 0.2) is 0 Å². The molecule has 8 heteroatoms. The summed E-state index contributed by atoms with van der Waals surface area (Å²) in [7, 11) is 0. The molecule has 164 valence electrons. The van der Waals surface area contributed by atoms with E-state index in [9.17, 15) is 19.5 Å². The number of carbonyl (C=O) groups is 2. The summed E-state index contributed by atoms with van der Waals surface area (Å²) in [5, 5.41) is 9.75. The van der Waals surface area contributed by atoms with Crippen molar-refractivity contribution in [1.29, 1.82) is 0 Å². The van der Waals surface area contributed by atoms with Crippen molar-refractivity contribution in [2.75, 3.05) is 11.4 Å². The zero-order chi connectivity index (χ0) is 22.6.